The molecular formula is C17H27FO2. The molecule has 0 radical (unpaired) electrons. The maximum Gasteiger partial charge on any atom is 0.330 e. The number of allylic oxidation sites excluding steroid dienone is 5. The fourth-order valence-electron chi connectivity index (χ4n) is 1.72. The van der Waals surface area contributed by atoms with Crippen molar-refractivity contribution in [3.05, 3.63) is 34.9 Å². The van der Waals surface area contributed by atoms with E-state index in [1.54, 1.807) is 6.92 Å². The molecule has 0 bridgehead atoms. The van der Waals surface area contributed by atoms with E-state index in [0.717, 1.165) is 19.3 Å². The van der Waals surface area contributed by atoms with Gasteiger partial charge in [-0.3, -0.25) is 0 Å². The van der Waals surface area contributed by atoms with Crippen molar-refractivity contribution in [3.8, 4) is 0 Å². The number of halogens is 1. The number of ether oxygens (including phenoxy) is 1. The summed E-state index contributed by atoms with van der Waals surface area (Å²) in [5.41, 5.74) is 3.13. The van der Waals surface area contributed by atoms with Crippen LogP contribution in [0.5, 0.6) is 0 Å². The van der Waals surface area contributed by atoms with Gasteiger partial charge < -0.3 is 4.74 Å². The fraction of sp³-hybridized carbons (Fsp3) is 0.588. The topological polar surface area (TPSA) is 26.3 Å². The van der Waals surface area contributed by atoms with Crippen molar-refractivity contribution >= 4 is 5.97 Å². The van der Waals surface area contributed by atoms with E-state index in [-0.39, 0.29) is 0 Å². The summed E-state index contributed by atoms with van der Waals surface area (Å²) in [6.45, 7) is 7.73. The smallest absolute Gasteiger partial charge is 0.330 e. The molecule has 0 rings (SSSR count). The zero-order valence-corrected chi connectivity index (χ0v) is 13.2. The standard InChI is InChI=1S/C17H27FO2/c1-5-20-17(19)12-16(13-18)11-7-10-15(4)9-6-8-14(2)3/h8,10,12H,5-7,9,11,13H2,1-4H3/b15-10+,16-12+. The second kappa shape index (κ2) is 11.4. The molecule has 0 spiro atoms. The molecule has 0 aromatic carbocycles. The van der Waals surface area contributed by atoms with Crippen LogP contribution in [0.4, 0.5) is 4.39 Å². The molecule has 0 aromatic heterocycles. The van der Waals surface area contributed by atoms with Crippen molar-refractivity contribution in [1.82, 2.24) is 0 Å². The Morgan fingerprint density at radius 1 is 1.10 bits per heavy atom. The number of rotatable bonds is 9. The fourth-order valence-corrected chi connectivity index (χ4v) is 1.72. The van der Waals surface area contributed by atoms with Crippen LogP contribution in [0.25, 0.3) is 0 Å². The first-order chi connectivity index (χ1) is 9.49. The van der Waals surface area contributed by atoms with Gasteiger partial charge in [-0.15, -0.1) is 0 Å². The zero-order valence-electron chi connectivity index (χ0n) is 13.2. The Hall–Kier alpha value is -1.38. The van der Waals surface area contributed by atoms with Crippen molar-refractivity contribution in [2.75, 3.05) is 13.3 Å². The molecule has 0 aromatic rings. The molecule has 0 aliphatic heterocycles. The largest absolute Gasteiger partial charge is 0.463 e. The predicted octanol–water partition coefficient (Wildman–Crippen LogP) is 4.92. The minimum absolute atomic E-state index is 0.318. The monoisotopic (exact) mass is 282 g/mol. The minimum atomic E-state index is -0.594. The van der Waals surface area contributed by atoms with Crippen LogP contribution in [0.2, 0.25) is 0 Å². The summed E-state index contributed by atoms with van der Waals surface area (Å²) >= 11 is 0. The molecule has 0 saturated heterocycles. The Morgan fingerprint density at radius 3 is 2.30 bits per heavy atom. The van der Waals surface area contributed by atoms with Gasteiger partial charge in [-0.2, -0.15) is 0 Å². The lowest BCUT2D eigenvalue weighted by molar-refractivity contribution is -0.137. The lowest BCUT2D eigenvalue weighted by Gasteiger charge is -2.03. The quantitative estimate of drug-likeness (QED) is 0.341. The number of hydrogen-bond donors (Lipinski definition) is 0. The molecule has 0 aliphatic rings. The third kappa shape index (κ3) is 10.5. The first-order valence-electron chi connectivity index (χ1n) is 7.20. The Balaban J connectivity index is 4.17. The summed E-state index contributed by atoms with van der Waals surface area (Å²) in [4.78, 5) is 11.2. The van der Waals surface area contributed by atoms with E-state index in [4.69, 9.17) is 4.74 Å². The highest BCUT2D eigenvalue weighted by atomic mass is 19.1. The maximum absolute atomic E-state index is 12.8. The van der Waals surface area contributed by atoms with Crippen LogP contribution in [0.3, 0.4) is 0 Å². The summed E-state index contributed by atoms with van der Waals surface area (Å²) in [6, 6.07) is 0. The first kappa shape index (κ1) is 18.6. The summed E-state index contributed by atoms with van der Waals surface area (Å²) in [7, 11) is 0. The number of carbonyl (C=O) groups is 1. The van der Waals surface area contributed by atoms with E-state index in [1.165, 1.54) is 17.2 Å². The molecule has 0 aliphatic carbocycles. The second-order valence-corrected chi connectivity index (χ2v) is 5.10. The highest BCUT2D eigenvalue weighted by Gasteiger charge is 2.02. The highest BCUT2D eigenvalue weighted by Crippen LogP contribution is 2.12. The summed E-state index contributed by atoms with van der Waals surface area (Å²) in [5, 5.41) is 0. The molecular weight excluding hydrogens is 255 g/mol. The van der Waals surface area contributed by atoms with Crippen molar-refractivity contribution in [3.63, 3.8) is 0 Å². The van der Waals surface area contributed by atoms with Gasteiger partial charge in [0.2, 0.25) is 0 Å². The number of esters is 1. The molecule has 0 heterocycles. The molecule has 0 fully saturated rings. The average Bonchev–Trinajstić information content (AvgIpc) is 2.37. The Morgan fingerprint density at radius 2 is 1.75 bits per heavy atom. The molecule has 0 saturated carbocycles. The van der Waals surface area contributed by atoms with Crippen molar-refractivity contribution in [2.24, 2.45) is 0 Å². The summed E-state index contributed by atoms with van der Waals surface area (Å²) in [6.07, 6.45) is 9.00. The lowest BCUT2D eigenvalue weighted by atomic mass is 10.1. The third-order valence-electron chi connectivity index (χ3n) is 2.83. The van der Waals surface area contributed by atoms with E-state index >= 15 is 0 Å². The molecule has 0 amide bonds. The molecule has 0 unspecified atom stereocenters. The lowest BCUT2D eigenvalue weighted by Crippen LogP contribution is -2.02. The van der Waals surface area contributed by atoms with Gasteiger partial charge >= 0.3 is 5.97 Å². The van der Waals surface area contributed by atoms with Gasteiger partial charge in [0, 0.05) is 6.08 Å². The normalized spacial score (nSPS) is 12.2. The molecule has 0 N–H and O–H groups in total. The SMILES string of the molecule is CCOC(=O)/C=C(/CF)CC/C=C(\C)CCC=C(C)C. The van der Waals surface area contributed by atoms with Gasteiger partial charge in [0.05, 0.1) is 6.61 Å². The second-order valence-electron chi connectivity index (χ2n) is 5.10. The van der Waals surface area contributed by atoms with Crippen LogP contribution in [-0.4, -0.2) is 19.3 Å². The van der Waals surface area contributed by atoms with Crippen LogP contribution >= 0.6 is 0 Å². The van der Waals surface area contributed by atoms with E-state index in [0.29, 0.717) is 18.6 Å². The van der Waals surface area contributed by atoms with Crippen LogP contribution < -0.4 is 0 Å². The highest BCUT2D eigenvalue weighted by molar-refractivity contribution is 5.82. The molecule has 20 heavy (non-hydrogen) atoms. The van der Waals surface area contributed by atoms with Gasteiger partial charge in [0.25, 0.3) is 0 Å². The van der Waals surface area contributed by atoms with E-state index < -0.39 is 12.6 Å². The maximum atomic E-state index is 12.8. The number of alkyl halides is 1. The van der Waals surface area contributed by atoms with E-state index in [9.17, 15) is 9.18 Å². The molecule has 114 valence electrons. The van der Waals surface area contributed by atoms with Gasteiger partial charge in [0.1, 0.15) is 6.67 Å². The van der Waals surface area contributed by atoms with E-state index in [2.05, 4.69) is 32.9 Å². The van der Waals surface area contributed by atoms with Crippen LogP contribution in [-0.2, 0) is 9.53 Å². The summed E-state index contributed by atoms with van der Waals surface area (Å²) in [5.74, 6) is -0.454. The Bertz CT molecular complexity index is 374. The predicted molar refractivity (Wildman–Crippen MR) is 82.3 cm³/mol. The molecule has 3 heteroatoms. The van der Waals surface area contributed by atoms with Crippen molar-refractivity contribution < 1.29 is 13.9 Å². The van der Waals surface area contributed by atoms with Crippen LogP contribution in [0, 0.1) is 0 Å². The zero-order chi connectivity index (χ0) is 15.4. The van der Waals surface area contributed by atoms with Gasteiger partial charge in [0.15, 0.2) is 0 Å². The Kier molecular flexibility index (Phi) is 10.7. The average molecular weight is 282 g/mol. The minimum Gasteiger partial charge on any atom is -0.463 e. The van der Waals surface area contributed by atoms with Crippen molar-refractivity contribution in [1.29, 1.82) is 0 Å². The summed E-state index contributed by atoms with van der Waals surface area (Å²) < 4.78 is 17.5. The molecule has 0 atom stereocenters. The van der Waals surface area contributed by atoms with Crippen molar-refractivity contribution in [2.45, 2.75) is 53.4 Å². The van der Waals surface area contributed by atoms with Gasteiger partial charge in [-0.25, -0.2) is 9.18 Å². The van der Waals surface area contributed by atoms with E-state index in [1.807, 2.05) is 0 Å². The number of carbonyl (C=O) groups excluding carboxylic acids is 1. The molecule has 2 nitrogen and oxygen atoms in total. The first-order valence-corrected chi connectivity index (χ1v) is 7.20. The Labute approximate surface area is 122 Å². The van der Waals surface area contributed by atoms with Gasteiger partial charge in [-0.05, 0) is 59.0 Å². The number of hydrogen-bond acceptors (Lipinski definition) is 2. The van der Waals surface area contributed by atoms with Crippen LogP contribution in [0.1, 0.15) is 53.4 Å². The van der Waals surface area contributed by atoms with Gasteiger partial charge in [-0.1, -0.05) is 23.3 Å². The van der Waals surface area contributed by atoms with Crippen LogP contribution in [0.15, 0.2) is 34.9 Å². The third-order valence-corrected chi connectivity index (χ3v) is 2.83.